The molecule has 1 N–H and O–H groups in total. The van der Waals surface area contributed by atoms with Crippen molar-refractivity contribution in [1.82, 2.24) is 20.0 Å². The van der Waals surface area contributed by atoms with Gasteiger partial charge in [0.2, 0.25) is 5.91 Å². The van der Waals surface area contributed by atoms with E-state index in [-0.39, 0.29) is 35.3 Å². The molecule has 1 aromatic heterocycles. The van der Waals surface area contributed by atoms with E-state index in [0.29, 0.717) is 43.7 Å². The molecule has 2 amide bonds. The highest BCUT2D eigenvalue weighted by Crippen LogP contribution is 2.31. The Balaban J connectivity index is 1.31. The molecule has 0 radical (unpaired) electrons. The molecule has 2 fully saturated rings. The van der Waals surface area contributed by atoms with E-state index in [1.54, 1.807) is 29.2 Å². The third-order valence-corrected chi connectivity index (χ3v) is 6.46. The topological polar surface area (TPSA) is 86.4 Å². The van der Waals surface area contributed by atoms with Crippen LogP contribution in [0.5, 0.6) is 0 Å². The smallest absolute Gasteiger partial charge is 0.272 e. The van der Waals surface area contributed by atoms with E-state index < -0.39 is 6.17 Å². The summed E-state index contributed by atoms with van der Waals surface area (Å²) in [4.78, 5) is 40.8. The minimum atomic E-state index is -1.35. The fourth-order valence-electron chi connectivity index (χ4n) is 4.45. The van der Waals surface area contributed by atoms with E-state index in [0.717, 1.165) is 23.8 Å². The lowest BCUT2D eigenvalue weighted by molar-refractivity contribution is -0.138. The second-order valence-electron chi connectivity index (χ2n) is 8.70. The second-order valence-corrected chi connectivity index (χ2v) is 8.70. The van der Waals surface area contributed by atoms with Gasteiger partial charge in [0.15, 0.2) is 0 Å². The lowest BCUT2D eigenvalue weighted by atomic mass is 9.93. The van der Waals surface area contributed by atoms with Crippen molar-refractivity contribution in [1.29, 1.82) is 0 Å². The number of aromatic nitrogens is 2. The monoisotopic (exact) mass is 436 g/mol. The molecule has 1 aliphatic heterocycles. The summed E-state index contributed by atoms with van der Waals surface area (Å²) in [5, 5.41) is 8.01. The molecular weight excluding hydrogens is 411 g/mol. The Hall–Kier alpha value is -3.29. The van der Waals surface area contributed by atoms with Crippen LogP contribution < -0.4 is 5.56 Å². The maximum Gasteiger partial charge on any atom is 0.272 e. The molecule has 1 aromatic carbocycles. The number of hydrogen-bond donors (Lipinski definition) is 1. The van der Waals surface area contributed by atoms with Crippen molar-refractivity contribution in [2.75, 3.05) is 26.2 Å². The van der Waals surface area contributed by atoms with Gasteiger partial charge in [-0.1, -0.05) is 24.3 Å². The first-order valence-electron chi connectivity index (χ1n) is 11.1. The molecule has 1 atom stereocenters. The van der Waals surface area contributed by atoms with Crippen LogP contribution in [0.2, 0.25) is 0 Å². The first-order valence-corrected chi connectivity index (χ1v) is 11.1. The number of nitrogens with one attached hydrogen (secondary N) is 1. The van der Waals surface area contributed by atoms with Crippen molar-refractivity contribution in [3.63, 3.8) is 0 Å². The molecule has 166 valence electrons. The van der Waals surface area contributed by atoms with Gasteiger partial charge in [-0.3, -0.25) is 14.4 Å². The van der Waals surface area contributed by atoms with Gasteiger partial charge in [-0.2, -0.15) is 5.10 Å². The lowest BCUT2D eigenvalue weighted by Crippen LogP contribution is -2.51. The van der Waals surface area contributed by atoms with Gasteiger partial charge in [0.05, 0.1) is 16.7 Å². The largest absolute Gasteiger partial charge is 0.339 e. The molecule has 0 bridgehead atoms. The van der Waals surface area contributed by atoms with Crippen molar-refractivity contribution >= 4 is 22.6 Å². The number of piperazine rings is 1. The molecule has 3 aliphatic rings. The zero-order valence-corrected chi connectivity index (χ0v) is 17.7. The summed E-state index contributed by atoms with van der Waals surface area (Å²) in [5.74, 6) is 0.0444. The van der Waals surface area contributed by atoms with Crippen LogP contribution in [0, 0.1) is 5.92 Å². The quantitative estimate of drug-likeness (QED) is 0.796. The molecule has 0 spiro atoms. The van der Waals surface area contributed by atoms with E-state index in [4.69, 9.17) is 0 Å². The maximum absolute atomic E-state index is 14.7. The van der Waals surface area contributed by atoms with Crippen LogP contribution in [0.25, 0.3) is 10.8 Å². The highest BCUT2D eigenvalue weighted by Gasteiger charge is 2.36. The predicted octanol–water partition coefficient (Wildman–Crippen LogP) is 2.14. The minimum absolute atomic E-state index is 0.133. The van der Waals surface area contributed by atoms with Gasteiger partial charge in [-0.05, 0) is 30.6 Å². The zero-order valence-electron chi connectivity index (χ0n) is 17.7. The van der Waals surface area contributed by atoms with Gasteiger partial charge < -0.3 is 9.80 Å². The summed E-state index contributed by atoms with van der Waals surface area (Å²) in [6.07, 6.45) is 4.51. The average Bonchev–Trinajstić information content (AvgIpc) is 3.67. The number of fused-ring (bicyclic) bond motifs is 1. The van der Waals surface area contributed by atoms with Gasteiger partial charge in [-0.25, -0.2) is 9.49 Å². The molecule has 7 nitrogen and oxygen atoms in total. The summed E-state index contributed by atoms with van der Waals surface area (Å²) in [6, 6.07) is 7.22. The van der Waals surface area contributed by atoms with Gasteiger partial charge in [0, 0.05) is 50.3 Å². The number of aromatic amines is 1. The number of alkyl halides is 1. The number of benzene rings is 1. The Morgan fingerprint density at radius 1 is 1.06 bits per heavy atom. The fraction of sp³-hybridized carbons (Fsp3) is 0.417. The van der Waals surface area contributed by atoms with Gasteiger partial charge >= 0.3 is 0 Å². The summed E-state index contributed by atoms with van der Waals surface area (Å²) in [5.41, 5.74) is 1.38. The molecule has 32 heavy (non-hydrogen) atoms. The van der Waals surface area contributed by atoms with Crippen LogP contribution in [0.4, 0.5) is 4.39 Å². The van der Waals surface area contributed by atoms with Crippen LogP contribution in [0.15, 0.2) is 52.4 Å². The van der Waals surface area contributed by atoms with Crippen molar-refractivity contribution in [2.24, 2.45) is 5.92 Å². The van der Waals surface area contributed by atoms with Crippen LogP contribution in [-0.4, -0.2) is 64.2 Å². The number of H-pyrrole nitrogens is 1. The second kappa shape index (κ2) is 8.33. The fourth-order valence-corrected chi connectivity index (χ4v) is 4.45. The number of carbonyl (C=O) groups is 2. The third kappa shape index (κ3) is 3.97. The van der Waals surface area contributed by atoms with Crippen LogP contribution in [0.1, 0.15) is 25.0 Å². The van der Waals surface area contributed by atoms with E-state index in [9.17, 15) is 18.8 Å². The standard InChI is InChI=1S/C24H25FN4O3/c25-20-8-5-15(14-21-17-3-1-2-4-18(17)22(30)27-26-21)13-19(20)24(32)29-11-9-28(10-12-29)23(31)16-6-7-16/h1-5,13,16,20H,6-12,14H2,(H,27,30). The normalized spacial score (nSPS) is 21.3. The van der Waals surface area contributed by atoms with Crippen molar-refractivity contribution in [3.8, 4) is 0 Å². The van der Waals surface area contributed by atoms with E-state index >= 15 is 0 Å². The predicted molar refractivity (Wildman–Crippen MR) is 118 cm³/mol. The van der Waals surface area contributed by atoms with Gasteiger partial charge in [-0.15, -0.1) is 0 Å². The number of nitrogens with zero attached hydrogens (tertiary/aromatic N) is 3. The molecule has 8 heteroatoms. The van der Waals surface area contributed by atoms with Crippen LogP contribution >= 0.6 is 0 Å². The molecule has 1 saturated carbocycles. The number of rotatable bonds is 4. The average molecular weight is 436 g/mol. The molecular formula is C24H25FN4O3. The SMILES string of the molecule is O=C(C1=CC(Cc2n[nH]c(=O)c3ccccc23)=CCC1F)N1CCN(C(=O)C2CC2)CC1. The number of allylic oxidation sites excluding steroid dienone is 3. The highest BCUT2D eigenvalue weighted by molar-refractivity contribution is 5.95. The van der Waals surface area contributed by atoms with Crippen molar-refractivity contribution < 1.29 is 14.0 Å². The highest BCUT2D eigenvalue weighted by atomic mass is 19.1. The Labute approximate surface area is 184 Å². The Morgan fingerprint density at radius 2 is 1.75 bits per heavy atom. The number of amides is 2. The maximum atomic E-state index is 14.7. The van der Waals surface area contributed by atoms with E-state index in [1.807, 2.05) is 17.0 Å². The number of carbonyl (C=O) groups excluding carboxylic acids is 2. The molecule has 1 unspecified atom stereocenters. The van der Waals surface area contributed by atoms with Crippen LogP contribution in [-0.2, 0) is 16.0 Å². The summed E-state index contributed by atoms with van der Waals surface area (Å²) < 4.78 is 14.7. The van der Waals surface area contributed by atoms with Crippen molar-refractivity contribution in [2.45, 2.75) is 31.9 Å². The van der Waals surface area contributed by atoms with E-state index in [2.05, 4.69) is 10.2 Å². The number of hydrogen-bond acceptors (Lipinski definition) is 4. The van der Waals surface area contributed by atoms with E-state index in [1.165, 1.54) is 0 Å². The molecule has 5 rings (SSSR count). The molecule has 2 heterocycles. The minimum Gasteiger partial charge on any atom is -0.339 e. The molecule has 2 aromatic rings. The lowest BCUT2D eigenvalue weighted by Gasteiger charge is -2.36. The summed E-state index contributed by atoms with van der Waals surface area (Å²) in [6.45, 7) is 1.85. The first-order chi connectivity index (χ1) is 15.5. The first kappa shape index (κ1) is 20.6. The Bertz CT molecular complexity index is 1190. The van der Waals surface area contributed by atoms with Gasteiger partial charge in [0.25, 0.3) is 11.5 Å². The van der Waals surface area contributed by atoms with Gasteiger partial charge in [0.1, 0.15) is 6.17 Å². The molecule has 1 saturated heterocycles. The zero-order chi connectivity index (χ0) is 22.2. The third-order valence-electron chi connectivity index (χ3n) is 6.46. The number of halogens is 1. The Morgan fingerprint density at radius 3 is 2.47 bits per heavy atom. The molecule has 2 aliphatic carbocycles. The van der Waals surface area contributed by atoms with Crippen LogP contribution in [0.3, 0.4) is 0 Å². The Kier molecular flexibility index (Phi) is 5.36. The summed E-state index contributed by atoms with van der Waals surface area (Å²) in [7, 11) is 0. The summed E-state index contributed by atoms with van der Waals surface area (Å²) >= 11 is 0. The van der Waals surface area contributed by atoms with Crippen molar-refractivity contribution in [3.05, 3.63) is 63.6 Å².